The van der Waals surface area contributed by atoms with Gasteiger partial charge in [-0.05, 0) is 17.7 Å². The number of allylic oxidation sites excluding steroid dienone is 1. The molecule has 3 nitrogen and oxygen atoms in total. The monoisotopic (exact) mass is 213 g/mol. The summed E-state index contributed by atoms with van der Waals surface area (Å²) in [6.45, 7) is 0. The summed E-state index contributed by atoms with van der Waals surface area (Å²) in [5, 5.41) is 0.906. The number of H-pyrrole nitrogens is 1. The average molecular weight is 213 g/mol. The molecule has 0 saturated carbocycles. The predicted octanol–water partition coefficient (Wildman–Crippen LogP) is 2.58. The highest BCUT2D eigenvalue weighted by Gasteiger charge is 2.01. The molecule has 1 aromatic heterocycles. The molecule has 3 heteroatoms. The zero-order valence-electron chi connectivity index (χ0n) is 8.64. The summed E-state index contributed by atoms with van der Waals surface area (Å²) in [4.78, 5) is 24.0. The molecule has 0 bridgehead atoms. The molecule has 0 atom stereocenters. The second-order valence-electron chi connectivity index (χ2n) is 3.47. The Morgan fingerprint density at radius 3 is 2.88 bits per heavy atom. The number of fused-ring (bicyclic) bond motifs is 1. The summed E-state index contributed by atoms with van der Waals surface area (Å²) in [7, 11) is 0. The molecule has 0 aliphatic rings. The summed E-state index contributed by atoms with van der Waals surface area (Å²) in [5.74, 6) is 0. The van der Waals surface area contributed by atoms with E-state index >= 15 is 0 Å². The largest absolute Gasteiger partial charge is 0.360 e. The Hall–Kier alpha value is -2.16. The summed E-state index contributed by atoms with van der Waals surface area (Å²) >= 11 is 0. The van der Waals surface area contributed by atoms with Gasteiger partial charge in [0.1, 0.15) is 6.29 Å². The first-order chi connectivity index (χ1) is 7.85. The molecule has 1 aromatic carbocycles. The Morgan fingerprint density at radius 1 is 1.25 bits per heavy atom. The molecule has 0 aliphatic heterocycles. The van der Waals surface area contributed by atoms with Gasteiger partial charge in [0.05, 0.1) is 0 Å². The van der Waals surface area contributed by atoms with E-state index in [0.29, 0.717) is 12.0 Å². The maximum atomic E-state index is 10.8. The van der Waals surface area contributed by atoms with Gasteiger partial charge in [0.15, 0.2) is 6.29 Å². The summed E-state index contributed by atoms with van der Waals surface area (Å²) < 4.78 is 0. The van der Waals surface area contributed by atoms with E-state index < -0.39 is 0 Å². The minimum absolute atomic E-state index is 0.408. The molecule has 0 aliphatic carbocycles. The fourth-order valence-electron chi connectivity index (χ4n) is 1.62. The molecule has 0 spiro atoms. The van der Waals surface area contributed by atoms with Gasteiger partial charge >= 0.3 is 0 Å². The normalized spacial score (nSPS) is 11.0. The maximum Gasteiger partial charge on any atom is 0.152 e. The molecule has 80 valence electrons. The summed E-state index contributed by atoms with van der Waals surface area (Å²) in [6.07, 6.45) is 7.44. The predicted molar refractivity (Wildman–Crippen MR) is 63.4 cm³/mol. The quantitative estimate of drug-likeness (QED) is 0.793. The lowest BCUT2D eigenvalue weighted by Crippen LogP contribution is -1.77. The van der Waals surface area contributed by atoms with Crippen LogP contribution in [-0.2, 0) is 4.79 Å². The highest BCUT2D eigenvalue weighted by molar-refractivity contribution is 5.98. The van der Waals surface area contributed by atoms with Crippen molar-refractivity contribution in [3.8, 4) is 0 Å². The van der Waals surface area contributed by atoms with Gasteiger partial charge in [0, 0.05) is 29.1 Å². The Bertz CT molecular complexity index is 552. The number of carbonyl (C=O) groups is 2. The lowest BCUT2D eigenvalue weighted by atomic mass is 10.1. The number of hydrogen-bond donors (Lipinski definition) is 1. The van der Waals surface area contributed by atoms with Crippen LogP contribution in [0.1, 0.15) is 22.3 Å². The third kappa shape index (κ3) is 1.93. The van der Waals surface area contributed by atoms with Crippen molar-refractivity contribution in [3.05, 3.63) is 41.6 Å². The summed E-state index contributed by atoms with van der Waals surface area (Å²) in [6, 6.07) is 5.79. The fraction of sp³-hybridized carbons (Fsp3) is 0.0769. The number of hydrogen-bond acceptors (Lipinski definition) is 2. The molecule has 0 radical (unpaired) electrons. The van der Waals surface area contributed by atoms with E-state index in [4.69, 9.17) is 0 Å². The van der Waals surface area contributed by atoms with Crippen molar-refractivity contribution in [1.82, 2.24) is 4.98 Å². The molecule has 0 unspecified atom stereocenters. The number of benzene rings is 1. The van der Waals surface area contributed by atoms with Crippen molar-refractivity contribution in [3.63, 3.8) is 0 Å². The Balaban J connectivity index is 2.41. The van der Waals surface area contributed by atoms with E-state index in [-0.39, 0.29) is 0 Å². The van der Waals surface area contributed by atoms with Crippen LogP contribution < -0.4 is 0 Å². The molecule has 16 heavy (non-hydrogen) atoms. The Kier molecular flexibility index (Phi) is 2.96. The van der Waals surface area contributed by atoms with Crippen LogP contribution in [-0.4, -0.2) is 17.6 Å². The lowest BCUT2D eigenvalue weighted by Gasteiger charge is -1.95. The first kappa shape index (κ1) is 10.4. The Labute approximate surface area is 92.8 Å². The van der Waals surface area contributed by atoms with Crippen molar-refractivity contribution in [2.75, 3.05) is 0 Å². The molecule has 2 rings (SSSR count). The van der Waals surface area contributed by atoms with Gasteiger partial charge in [-0.15, -0.1) is 0 Å². The van der Waals surface area contributed by atoms with Crippen LogP contribution in [0, 0.1) is 0 Å². The number of aromatic nitrogens is 1. The first-order valence-electron chi connectivity index (χ1n) is 5.01. The number of aldehydes is 2. The standard InChI is InChI=1S/C13H11NO2/c15-6-2-1-3-10-4-5-13-12(7-10)11(9-16)8-14-13/h1,3-9,14H,2H2. The van der Waals surface area contributed by atoms with Crippen LogP contribution in [0.25, 0.3) is 17.0 Å². The Morgan fingerprint density at radius 2 is 2.12 bits per heavy atom. The maximum absolute atomic E-state index is 10.8. The number of aromatic amines is 1. The average Bonchev–Trinajstić information content (AvgIpc) is 2.71. The number of carbonyl (C=O) groups excluding carboxylic acids is 2. The second kappa shape index (κ2) is 4.57. The van der Waals surface area contributed by atoms with E-state index in [0.717, 1.165) is 29.0 Å². The molecule has 0 amide bonds. The van der Waals surface area contributed by atoms with Crippen molar-refractivity contribution in [2.24, 2.45) is 0 Å². The van der Waals surface area contributed by atoms with Crippen molar-refractivity contribution < 1.29 is 9.59 Å². The van der Waals surface area contributed by atoms with Crippen LogP contribution >= 0.6 is 0 Å². The third-order valence-corrected chi connectivity index (χ3v) is 2.41. The van der Waals surface area contributed by atoms with Gasteiger partial charge in [-0.1, -0.05) is 18.2 Å². The van der Waals surface area contributed by atoms with Gasteiger partial charge in [0.2, 0.25) is 0 Å². The highest BCUT2D eigenvalue weighted by atomic mass is 16.1. The SMILES string of the molecule is O=CCC=Cc1ccc2[nH]cc(C=O)c2c1. The molecule has 2 aromatic rings. The minimum Gasteiger partial charge on any atom is -0.360 e. The van der Waals surface area contributed by atoms with Gasteiger partial charge in [0.25, 0.3) is 0 Å². The van der Waals surface area contributed by atoms with Crippen molar-refractivity contribution in [2.45, 2.75) is 6.42 Å². The molecule has 1 heterocycles. The first-order valence-corrected chi connectivity index (χ1v) is 5.01. The van der Waals surface area contributed by atoms with Gasteiger partial charge in [-0.25, -0.2) is 0 Å². The molecular weight excluding hydrogens is 202 g/mol. The smallest absolute Gasteiger partial charge is 0.152 e. The highest BCUT2D eigenvalue weighted by Crippen LogP contribution is 2.19. The zero-order chi connectivity index (χ0) is 11.4. The van der Waals surface area contributed by atoms with E-state index in [1.807, 2.05) is 24.3 Å². The fourth-order valence-corrected chi connectivity index (χ4v) is 1.62. The van der Waals surface area contributed by atoms with Crippen LogP contribution in [0.2, 0.25) is 0 Å². The molecule has 0 fully saturated rings. The van der Waals surface area contributed by atoms with Crippen LogP contribution in [0.3, 0.4) is 0 Å². The van der Waals surface area contributed by atoms with Crippen molar-refractivity contribution in [1.29, 1.82) is 0 Å². The third-order valence-electron chi connectivity index (χ3n) is 2.41. The van der Waals surface area contributed by atoms with E-state index in [1.165, 1.54) is 0 Å². The molecular formula is C13H11NO2. The minimum atomic E-state index is 0.408. The van der Waals surface area contributed by atoms with Gasteiger partial charge in [-0.3, -0.25) is 4.79 Å². The molecule has 1 N–H and O–H groups in total. The number of nitrogens with one attached hydrogen (secondary N) is 1. The zero-order valence-corrected chi connectivity index (χ0v) is 8.64. The van der Waals surface area contributed by atoms with Crippen LogP contribution in [0.5, 0.6) is 0 Å². The molecule has 0 saturated heterocycles. The van der Waals surface area contributed by atoms with Crippen LogP contribution in [0.4, 0.5) is 0 Å². The van der Waals surface area contributed by atoms with Gasteiger partial charge < -0.3 is 9.78 Å². The van der Waals surface area contributed by atoms with E-state index in [2.05, 4.69) is 4.98 Å². The second-order valence-corrected chi connectivity index (χ2v) is 3.47. The van der Waals surface area contributed by atoms with Crippen molar-refractivity contribution >= 4 is 29.6 Å². The van der Waals surface area contributed by atoms with E-state index in [1.54, 1.807) is 12.3 Å². The lowest BCUT2D eigenvalue weighted by molar-refractivity contribution is -0.107. The van der Waals surface area contributed by atoms with Crippen LogP contribution in [0.15, 0.2) is 30.5 Å². The topological polar surface area (TPSA) is 49.9 Å². The van der Waals surface area contributed by atoms with Gasteiger partial charge in [-0.2, -0.15) is 0 Å². The summed E-state index contributed by atoms with van der Waals surface area (Å²) in [5.41, 5.74) is 2.58. The number of rotatable bonds is 4. The van der Waals surface area contributed by atoms with E-state index in [9.17, 15) is 9.59 Å².